The monoisotopic (exact) mass is 522 g/mol. The summed E-state index contributed by atoms with van der Waals surface area (Å²) in [5.74, 6) is -3.14. The van der Waals surface area contributed by atoms with Gasteiger partial charge in [-0.1, -0.05) is 25.3 Å². The Bertz CT molecular complexity index is 974. The molecule has 0 aromatic heterocycles. The predicted molar refractivity (Wildman–Crippen MR) is 124 cm³/mol. The normalized spacial score (nSPS) is 9.62. The molecule has 0 saturated heterocycles. The van der Waals surface area contributed by atoms with Crippen LogP contribution in [0.15, 0.2) is 49.6 Å². The number of rotatable bonds is 15. The molecule has 1 rings (SSSR count). The summed E-state index contributed by atoms with van der Waals surface area (Å²) in [5, 5.41) is 4.95. The summed E-state index contributed by atoms with van der Waals surface area (Å²) >= 11 is 0. The number of anilines is 1. The molecule has 2 amide bonds. The molecule has 200 valence electrons. The highest BCUT2D eigenvalue weighted by Crippen LogP contribution is 2.10. The summed E-state index contributed by atoms with van der Waals surface area (Å²) in [5.41, 5.74) is 1.10. The molecule has 2 N–H and O–H groups in total. The number of carbonyl (C=O) groups is 6. The molecular weight excluding hydrogens is 496 g/mol. The summed E-state index contributed by atoms with van der Waals surface area (Å²) < 4.78 is 28.1. The van der Waals surface area contributed by atoms with Crippen molar-refractivity contribution in [2.45, 2.75) is 6.54 Å². The second kappa shape index (κ2) is 17.5. The van der Waals surface area contributed by atoms with Gasteiger partial charge in [-0.05, 0) is 17.7 Å². The Balaban J connectivity index is 2.18. The molecule has 0 fully saturated rings. The fourth-order valence-corrected chi connectivity index (χ4v) is 2.13. The molecule has 0 atom stereocenters. The molecule has 0 bridgehead atoms. The van der Waals surface area contributed by atoms with E-state index in [0.29, 0.717) is 11.3 Å². The van der Waals surface area contributed by atoms with E-state index in [-0.39, 0.29) is 33.0 Å². The SMILES string of the molecule is C=CC(=O)OCC(=O)OCCOC(=O)NCc1ccc(NC(=O)OCCOC(=O)COC(=O)C=C)cc1. The Morgan fingerprint density at radius 3 is 1.59 bits per heavy atom. The number of amides is 2. The zero-order chi connectivity index (χ0) is 27.5. The number of carbonyl (C=O) groups excluding carboxylic acids is 6. The minimum atomic E-state index is -0.806. The van der Waals surface area contributed by atoms with Crippen LogP contribution in [0.4, 0.5) is 15.3 Å². The van der Waals surface area contributed by atoms with E-state index < -0.39 is 49.3 Å². The van der Waals surface area contributed by atoms with Gasteiger partial charge in [0.05, 0.1) is 0 Å². The van der Waals surface area contributed by atoms with Gasteiger partial charge in [0.25, 0.3) is 0 Å². The summed E-state index contributed by atoms with van der Waals surface area (Å²) in [6.45, 7) is 4.43. The van der Waals surface area contributed by atoms with Crippen molar-refractivity contribution < 1.29 is 57.2 Å². The van der Waals surface area contributed by atoms with Crippen molar-refractivity contribution in [2.24, 2.45) is 0 Å². The molecule has 0 heterocycles. The van der Waals surface area contributed by atoms with E-state index in [9.17, 15) is 28.8 Å². The average molecular weight is 522 g/mol. The lowest BCUT2D eigenvalue weighted by molar-refractivity contribution is -0.156. The van der Waals surface area contributed by atoms with Gasteiger partial charge in [-0.25, -0.2) is 28.8 Å². The lowest BCUT2D eigenvalue weighted by Gasteiger charge is -2.10. The highest BCUT2D eigenvalue weighted by molar-refractivity contribution is 5.85. The third kappa shape index (κ3) is 14.9. The smallest absolute Gasteiger partial charge is 0.411 e. The van der Waals surface area contributed by atoms with E-state index in [1.807, 2.05) is 0 Å². The first-order valence-electron chi connectivity index (χ1n) is 10.6. The van der Waals surface area contributed by atoms with Crippen LogP contribution in [-0.4, -0.2) is 75.7 Å². The van der Waals surface area contributed by atoms with Crippen LogP contribution in [0.1, 0.15) is 5.56 Å². The topological polar surface area (TPSA) is 182 Å². The van der Waals surface area contributed by atoms with Gasteiger partial charge < -0.3 is 33.7 Å². The van der Waals surface area contributed by atoms with Crippen molar-refractivity contribution in [2.75, 3.05) is 45.0 Å². The molecule has 14 heteroatoms. The first-order chi connectivity index (χ1) is 17.7. The number of hydrogen-bond donors (Lipinski definition) is 2. The summed E-state index contributed by atoms with van der Waals surface area (Å²) in [7, 11) is 0. The van der Waals surface area contributed by atoms with E-state index in [2.05, 4.69) is 33.3 Å². The molecular formula is C23H26N2O12. The van der Waals surface area contributed by atoms with Crippen molar-refractivity contribution in [1.29, 1.82) is 0 Å². The second-order valence-electron chi connectivity index (χ2n) is 6.51. The van der Waals surface area contributed by atoms with E-state index in [1.54, 1.807) is 24.3 Å². The van der Waals surface area contributed by atoms with Crippen LogP contribution in [0.3, 0.4) is 0 Å². The molecule has 0 radical (unpaired) electrons. The standard InChI is InChI=1S/C23H26N2O12/c1-3-18(26)36-14-20(28)32-9-11-34-22(30)24-13-16-5-7-17(8-6-16)25-23(31)35-12-10-33-21(29)15-37-19(27)4-2/h3-8H,1-2,9-15H2,(H,24,30)(H,25,31). The van der Waals surface area contributed by atoms with Crippen molar-refractivity contribution >= 4 is 41.8 Å². The Morgan fingerprint density at radius 2 is 1.11 bits per heavy atom. The zero-order valence-electron chi connectivity index (χ0n) is 19.7. The molecule has 14 nitrogen and oxygen atoms in total. The number of hydrogen-bond acceptors (Lipinski definition) is 12. The van der Waals surface area contributed by atoms with Crippen LogP contribution in [0.2, 0.25) is 0 Å². The molecule has 0 aliphatic heterocycles. The fourth-order valence-electron chi connectivity index (χ4n) is 2.13. The lowest BCUT2D eigenvalue weighted by Crippen LogP contribution is -2.26. The van der Waals surface area contributed by atoms with Crippen molar-refractivity contribution in [3.05, 3.63) is 55.1 Å². The Labute approximate surface area is 211 Å². The Hall–Kier alpha value is -4.88. The first-order valence-corrected chi connectivity index (χ1v) is 10.6. The van der Waals surface area contributed by atoms with Gasteiger partial charge in [-0.3, -0.25) is 5.32 Å². The molecule has 1 aromatic rings. The highest BCUT2D eigenvalue weighted by Gasteiger charge is 2.09. The second-order valence-corrected chi connectivity index (χ2v) is 6.51. The van der Waals surface area contributed by atoms with E-state index in [0.717, 1.165) is 12.2 Å². The number of benzene rings is 1. The van der Waals surface area contributed by atoms with Gasteiger partial charge in [0.15, 0.2) is 13.2 Å². The zero-order valence-corrected chi connectivity index (χ0v) is 19.7. The minimum Gasteiger partial charge on any atom is -0.460 e. The molecule has 0 aliphatic rings. The maximum Gasteiger partial charge on any atom is 0.411 e. The van der Waals surface area contributed by atoms with Crippen LogP contribution < -0.4 is 10.6 Å². The number of alkyl carbamates (subject to hydrolysis) is 1. The average Bonchev–Trinajstić information content (AvgIpc) is 2.90. The van der Waals surface area contributed by atoms with Crippen LogP contribution >= 0.6 is 0 Å². The largest absolute Gasteiger partial charge is 0.460 e. The number of esters is 4. The van der Waals surface area contributed by atoms with E-state index >= 15 is 0 Å². The first kappa shape index (κ1) is 30.2. The summed E-state index contributed by atoms with van der Waals surface area (Å²) in [4.78, 5) is 67.7. The van der Waals surface area contributed by atoms with Gasteiger partial charge in [0.1, 0.15) is 26.4 Å². The van der Waals surface area contributed by atoms with Crippen LogP contribution in [0.25, 0.3) is 0 Å². The Kier molecular flexibility index (Phi) is 14.3. The molecule has 0 spiro atoms. The van der Waals surface area contributed by atoms with E-state index in [1.165, 1.54) is 0 Å². The molecule has 37 heavy (non-hydrogen) atoms. The summed E-state index contributed by atoms with van der Waals surface area (Å²) in [6, 6.07) is 6.40. The van der Waals surface area contributed by atoms with Crippen molar-refractivity contribution in [3.63, 3.8) is 0 Å². The minimum absolute atomic E-state index is 0.119. The summed E-state index contributed by atoms with van der Waals surface area (Å²) in [6.07, 6.45) is 0.265. The lowest BCUT2D eigenvalue weighted by atomic mass is 10.2. The van der Waals surface area contributed by atoms with Gasteiger partial charge in [0, 0.05) is 24.4 Å². The maximum atomic E-state index is 11.8. The van der Waals surface area contributed by atoms with E-state index in [4.69, 9.17) is 18.9 Å². The third-order valence-corrected chi connectivity index (χ3v) is 3.79. The number of ether oxygens (including phenoxy) is 6. The Morgan fingerprint density at radius 1 is 0.649 bits per heavy atom. The fraction of sp³-hybridized carbons (Fsp3) is 0.304. The van der Waals surface area contributed by atoms with Gasteiger partial charge in [-0.15, -0.1) is 0 Å². The van der Waals surface area contributed by atoms with Crippen molar-refractivity contribution in [1.82, 2.24) is 5.32 Å². The van der Waals surface area contributed by atoms with Crippen molar-refractivity contribution in [3.8, 4) is 0 Å². The molecule has 0 unspecified atom stereocenters. The van der Waals surface area contributed by atoms with Gasteiger partial charge >= 0.3 is 36.1 Å². The predicted octanol–water partition coefficient (Wildman–Crippen LogP) is 1.01. The van der Waals surface area contributed by atoms with Crippen LogP contribution in [0, 0.1) is 0 Å². The van der Waals surface area contributed by atoms with Crippen LogP contribution in [0.5, 0.6) is 0 Å². The third-order valence-electron chi connectivity index (χ3n) is 3.79. The molecule has 0 saturated carbocycles. The highest BCUT2D eigenvalue weighted by atomic mass is 16.6. The van der Waals surface area contributed by atoms with Gasteiger partial charge in [-0.2, -0.15) is 0 Å². The van der Waals surface area contributed by atoms with Gasteiger partial charge in [0.2, 0.25) is 0 Å². The molecule has 0 aliphatic carbocycles. The molecule has 1 aromatic carbocycles. The van der Waals surface area contributed by atoms with Crippen LogP contribution in [-0.2, 0) is 54.1 Å². The number of nitrogens with one attached hydrogen (secondary N) is 2. The quantitative estimate of drug-likeness (QED) is 0.145. The maximum absolute atomic E-state index is 11.8.